The van der Waals surface area contributed by atoms with Crippen LogP contribution >= 0.6 is 0 Å². The quantitative estimate of drug-likeness (QED) is 0.391. The number of hydrogen-bond acceptors (Lipinski definition) is 4. The van der Waals surface area contributed by atoms with E-state index in [0.29, 0.717) is 32.1 Å². The second kappa shape index (κ2) is 12.2. The van der Waals surface area contributed by atoms with E-state index in [1.165, 1.54) is 11.1 Å². The van der Waals surface area contributed by atoms with Crippen LogP contribution in [0.25, 0.3) is 6.08 Å². The molecule has 5 heteroatoms. The summed E-state index contributed by atoms with van der Waals surface area (Å²) in [6, 6.07) is 27.2. The van der Waals surface area contributed by atoms with E-state index in [9.17, 15) is 4.79 Å². The molecule has 4 rings (SSSR count). The van der Waals surface area contributed by atoms with E-state index < -0.39 is 0 Å². The van der Waals surface area contributed by atoms with Gasteiger partial charge in [-0.2, -0.15) is 0 Å². The number of nitrogens with zero attached hydrogens (tertiary/aromatic N) is 2. The molecule has 5 nitrogen and oxygen atoms in total. The Balaban J connectivity index is 1.41. The zero-order valence-corrected chi connectivity index (χ0v) is 20.6. The molecule has 1 heterocycles. The number of rotatable bonds is 9. The summed E-state index contributed by atoms with van der Waals surface area (Å²) in [4.78, 5) is 17.3. The van der Waals surface area contributed by atoms with Crippen LogP contribution in [0.3, 0.4) is 0 Å². The first-order chi connectivity index (χ1) is 17.2. The molecule has 1 saturated heterocycles. The molecular weight excluding hydrogens is 436 g/mol. The maximum absolute atomic E-state index is 12.9. The molecule has 0 bridgehead atoms. The van der Waals surface area contributed by atoms with Crippen LogP contribution in [-0.2, 0) is 4.79 Å². The number of ether oxygens (including phenoxy) is 2. The summed E-state index contributed by atoms with van der Waals surface area (Å²) < 4.78 is 11.3. The molecule has 0 spiro atoms. The number of carbonyl (C=O) groups excluding carboxylic acids is 1. The fraction of sp³-hybridized carbons (Fsp3) is 0.300. The molecule has 0 radical (unpaired) electrons. The Morgan fingerprint density at radius 3 is 1.94 bits per heavy atom. The number of hydrogen-bond donors (Lipinski definition) is 0. The van der Waals surface area contributed by atoms with E-state index in [0.717, 1.165) is 24.4 Å². The largest absolute Gasteiger partial charge is 0.490 e. The molecule has 182 valence electrons. The molecule has 0 saturated carbocycles. The fourth-order valence-electron chi connectivity index (χ4n) is 4.53. The van der Waals surface area contributed by atoms with Crippen molar-refractivity contribution in [2.75, 3.05) is 39.4 Å². The fourth-order valence-corrected chi connectivity index (χ4v) is 4.53. The van der Waals surface area contributed by atoms with Crippen molar-refractivity contribution in [3.63, 3.8) is 0 Å². The third kappa shape index (κ3) is 6.31. The summed E-state index contributed by atoms with van der Waals surface area (Å²) in [7, 11) is 0. The zero-order chi connectivity index (χ0) is 24.5. The predicted molar refractivity (Wildman–Crippen MR) is 141 cm³/mol. The topological polar surface area (TPSA) is 42.0 Å². The average Bonchev–Trinajstić information content (AvgIpc) is 2.91. The minimum atomic E-state index is 0.0347. The van der Waals surface area contributed by atoms with Crippen LogP contribution in [0.2, 0.25) is 0 Å². The Bertz CT molecular complexity index is 1070. The van der Waals surface area contributed by atoms with Crippen LogP contribution in [0, 0.1) is 0 Å². The van der Waals surface area contributed by atoms with Crippen molar-refractivity contribution in [2.45, 2.75) is 19.9 Å². The molecule has 1 aliphatic heterocycles. The van der Waals surface area contributed by atoms with Gasteiger partial charge in [0, 0.05) is 32.3 Å². The second-order valence-corrected chi connectivity index (χ2v) is 8.49. The molecule has 35 heavy (non-hydrogen) atoms. The van der Waals surface area contributed by atoms with Gasteiger partial charge in [-0.1, -0.05) is 66.7 Å². The van der Waals surface area contributed by atoms with Gasteiger partial charge in [-0.25, -0.2) is 0 Å². The SMILES string of the molecule is CCOc1ccc(/C=C/C(=O)N2CCN(C(c3ccccc3)c3ccccc3)CC2)cc1OCC. The van der Waals surface area contributed by atoms with Crippen LogP contribution < -0.4 is 9.47 Å². The molecule has 1 fully saturated rings. The third-order valence-electron chi connectivity index (χ3n) is 6.21. The van der Waals surface area contributed by atoms with E-state index in [1.807, 2.05) is 43.0 Å². The lowest BCUT2D eigenvalue weighted by atomic mass is 9.96. The van der Waals surface area contributed by atoms with Gasteiger partial charge in [0.2, 0.25) is 5.91 Å². The molecule has 1 amide bonds. The van der Waals surface area contributed by atoms with E-state index in [2.05, 4.69) is 65.6 Å². The van der Waals surface area contributed by atoms with Crippen LogP contribution in [0.5, 0.6) is 11.5 Å². The van der Waals surface area contributed by atoms with Crippen LogP contribution in [-0.4, -0.2) is 55.1 Å². The molecule has 0 N–H and O–H groups in total. The van der Waals surface area contributed by atoms with Crippen molar-refractivity contribution in [2.24, 2.45) is 0 Å². The minimum absolute atomic E-state index is 0.0347. The van der Waals surface area contributed by atoms with Gasteiger partial charge < -0.3 is 14.4 Å². The van der Waals surface area contributed by atoms with Crippen molar-refractivity contribution >= 4 is 12.0 Å². The summed E-state index contributed by atoms with van der Waals surface area (Å²) in [6.07, 6.45) is 3.51. The Morgan fingerprint density at radius 2 is 1.37 bits per heavy atom. The Labute approximate surface area is 208 Å². The van der Waals surface area contributed by atoms with Crippen molar-refractivity contribution in [1.29, 1.82) is 0 Å². The summed E-state index contributed by atoms with van der Waals surface area (Å²) in [5.41, 5.74) is 3.47. The van der Waals surface area contributed by atoms with Gasteiger partial charge in [0.1, 0.15) is 0 Å². The highest BCUT2D eigenvalue weighted by molar-refractivity contribution is 5.92. The van der Waals surface area contributed by atoms with E-state index in [1.54, 1.807) is 6.08 Å². The van der Waals surface area contributed by atoms with Gasteiger partial charge in [-0.3, -0.25) is 9.69 Å². The summed E-state index contributed by atoms with van der Waals surface area (Å²) >= 11 is 0. The molecule has 0 aromatic heterocycles. The smallest absolute Gasteiger partial charge is 0.246 e. The Morgan fingerprint density at radius 1 is 0.800 bits per heavy atom. The normalized spacial score (nSPS) is 14.4. The van der Waals surface area contributed by atoms with Gasteiger partial charge in [-0.15, -0.1) is 0 Å². The molecule has 0 aliphatic carbocycles. The third-order valence-corrected chi connectivity index (χ3v) is 6.21. The number of carbonyl (C=O) groups is 1. The molecule has 0 unspecified atom stereocenters. The Kier molecular flexibility index (Phi) is 8.58. The predicted octanol–water partition coefficient (Wildman–Crippen LogP) is 5.43. The van der Waals surface area contributed by atoms with E-state index in [-0.39, 0.29) is 11.9 Å². The first-order valence-corrected chi connectivity index (χ1v) is 12.4. The molecule has 1 aliphatic rings. The van der Waals surface area contributed by atoms with E-state index >= 15 is 0 Å². The molecule has 3 aromatic carbocycles. The van der Waals surface area contributed by atoms with Crippen LogP contribution in [0.4, 0.5) is 0 Å². The van der Waals surface area contributed by atoms with Crippen LogP contribution in [0.15, 0.2) is 84.9 Å². The van der Waals surface area contributed by atoms with Crippen LogP contribution in [0.1, 0.15) is 36.6 Å². The summed E-state index contributed by atoms with van der Waals surface area (Å²) in [5, 5.41) is 0. The summed E-state index contributed by atoms with van der Waals surface area (Å²) in [6.45, 7) is 8.08. The lowest BCUT2D eigenvalue weighted by Gasteiger charge is -2.39. The van der Waals surface area contributed by atoms with Gasteiger partial charge >= 0.3 is 0 Å². The molecule has 0 atom stereocenters. The first-order valence-electron chi connectivity index (χ1n) is 12.4. The highest BCUT2D eigenvalue weighted by Gasteiger charge is 2.27. The minimum Gasteiger partial charge on any atom is -0.490 e. The maximum atomic E-state index is 12.9. The number of amides is 1. The van der Waals surface area contributed by atoms with Gasteiger partial charge in [0.25, 0.3) is 0 Å². The molecule has 3 aromatic rings. The first kappa shape index (κ1) is 24.6. The lowest BCUT2D eigenvalue weighted by molar-refractivity contribution is -0.127. The highest BCUT2D eigenvalue weighted by Crippen LogP contribution is 2.30. The Hall–Kier alpha value is -3.57. The summed E-state index contributed by atoms with van der Waals surface area (Å²) in [5.74, 6) is 1.46. The lowest BCUT2D eigenvalue weighted by Crippen LogP contribution is -2.49. The monoisotopic (exact) mass is 470 g/mol. The van der Waals surface area contributed by atoms with Crippen molar-refractivity contribution < 1.29 is 14.3 Å². The van der Waals surface area contributed by atoms with Gasteiger partial charge in [0.15, 0.2) is 11.5 Å². The standard InChI is InChI=1S/C30H34N2O3/c1-3-34-27-17-15-24(23-28(27)35-4-2)16-18-29(33)31-19-21-32(22-20-31)30(25-11-7-5-8-12-25)26-13-9-6-10-14-26/h5-18,23,30H,3-4,19-22H2,1-2H3/b18-16+. The van der Waals surface area contributed by atoms with Crippen molar-refractivity contribution in [3.8, 4) is 11.5 Å². The van der Waals surface area contributed by atoms with Gasteiger partial charge in [-0.05, 0) is 48.7 Å². The van der Waals surface area contributed by atoms with Gasteiger partial charge in [0.05, 0.1) is 19.3 Å². The second-order valence-electron chi connectivity index (χ2n) is 8.49. The zero-order valence-electron chi connectivity index (χ0n) is 20.6. The average molecular weight is 471 g/mol. The highest BCUT2D eigenvalue weighted by atomic mass is 16.5. The molecular formula is C30H34N2O3. The maximum Gasteiger partial charge on any atom is 0.246 e. The van der Waals surface area contributed by atoms with E-state index in [4.69, 9.17) is 9.47 Å². The van der Waals surface area contributed by atoms with Crippen molar-refractivity contribution in [1.82, 2.24) is 9.80 Å². The number of benzene rings is 3. The number of piperazine rings is 1. The van der Waals surface area contributed by atoms with Crippen molar-refractivity contribution in [3.05, 3.63) is 102 Å².